The minimum Gasteiger partial charge on any atom is -0.349 e. The fourth-order valence-corrected chi connectivity index (χ4v) is 1.01. The summed E-state index contributed by atoms with van der Waals surface area (Å²) in [5.41, 5.74) is 0.109. The van der Waals surface area contributed by atoms with Crippen LogP contribution in [-0.4, -0.2) is 51.2 Å². The predicted molar refractivity (Wildman–Crippen MR) is 43.2 cm³/mol. The van der Waals surface area contributed by atoms with Gasteiger partial charge in [0.05, 0.1) is 21.1 Å². The van der Waals surface area contributed by atoms with Crippen molar-refractivity contribution in [2.24, 2.45) is 0 Å². The highest BCUT2D eigenvalue weighted by atomic mass is 16.7. The van der Waals surface area contributed by atoms with Crippen LogP contribution in [0.25, 0.3) is 0 Å². The molecule has 0 aliphatic carbocycles. The van der Waals surface area contributed by atoms with Gasteiger partial charge in [-0.1, -0.05) is 0 Å². The third-order valence-corrected chi connectivity index (χ3v) is 2.61. The van der Waals surface area contributed by atoms with Crippen molar-refractivity contribution in [3.63, 3.8) is 0 Å². The summed E-state index contributed by atoms with van der Waals surface area (Å²) in [5.74, 6) is 0. The molecule has 0 bridgehead atoms. The molecule has 0 amide bonds. The molecule has 1 saturated heterocycles. The van der Waals surface area contributed by atoms with Crippen LogP contribution < -0.4 is 0 Å². The quantitative estimate of drug-likeness (QED) is 0.519. The highest BCUT2D eigenvalue weighted by molar-refractivity contribution is 4.75. The Morgan fingerprint density at radius 2 is 1.55 bits per heavy atom. The van der Waals surface area contributed by atoms with Gasteiger partial charge in [-0.25, -0.2) is 0 Å². The van der Waals surface area contributed by atoms with Crippen molar-refractivity contribution in [1.29, 1.82) is 0 Å². The second kappa shape index (κ2) is 2.73. The van der Waals surface area contributed by atoms with Crippen molar-refractivity contribution < 1.29 is 14.0 Å². The number of nitrogens with zero attached hydrogens (tertiary/aromatic N) is 1. The maximum atomic E-state index is 5.27. The fraction of sp³-hybridized carbons (Fsp3) is 1.00. The molecule has 1 rings (SSSR count). The lowest BCUT2D eigenvalue weighted by molar-refractivity contribution is -0.925. The lowest BCUT2D eigenvalue weighted by Gasteiger charge is -2.45. The van der Waals surface area contributed by atoms with E-state index >= 15 is 0 Å². The van der Waals surface area contributed by atoms with Gasteiger partial charge < -0.3 is 14.0 Å². The van der Waals surface area contributed by atoms with E-state index in [1.165, 1.54) is 0 Å². The van der Waals surface area contributed by atoms with E-state index in [0.717, 1.165) is 17.7 Å². The molecule has 0 aromatic carbocycles. The number of hydrogen-bond donors (Lipinski definition) is 0. The monoisotopic (exact) mass is 160 g/mol. The summed E-state index contributed by atoms with van der Waals surface area (Å²) in [5, 5.41) is 0. The van der Waals surface area contributed by atoms with Crippen LogP contribution in [0.5, 0.6) is 0 Å². The van der Waals surface area contributed by atoms with Gasteiger partial charge in [-0.15, -0.1) is 0 Å². The minimum atomic E-state index is 0.109. The first-order valence-corrected chi connectivity index (χ1v) is 3.93. The second-order valence-corrected chi connectivity index (χ2v) is 4.32. The van der Waals surface area contributed by atoms with E-state index in [1.54, 1.807) is 0 Å². The number of likely N-dealkylation sites (N-methyl/N-ethyl adjacent to an activating group) is 1. The highest BCUT2D eigenvalue weighted by Crippen LogP contribution is 2.21. The van der Waals surface area contributed by atoms with Gasteiger partial charge in [-0.2, -0.15) is 0 Å². The van der Waals surface area contributed by atoms with Gasteiger partial charge in [0, 0.05) is 0 Å². The SMILES string of the molecule is CC1([N+](C)(C)C)COCOC1. The van der Waals surface area contributed by atoms with Gasteiger partial charge >= 0.3 is 0 Å². The zero-order valence-corrected chi connectivity index (χ0v) is 7.89. The minimum absolute atomic E-state index is 0.109. The lowest BCUT2D eigenvalue weighted by atomic mass is 10.0. The molecule has 3 nitrogen and oxygen atoms in total. The van der Waals surface area contributed by atoms with Crippen LogP contribution in [0.15, 0.2) is 0 Å². The maximum absolute atomic E-state index is 5.27. The highest BCUT2D eigenvalue weighted by Gasteiger charge is 2.40. The summed E-state index contributed by atoms with van der Waals surface area (Å²) >= 11 is 0. The van der Waals surface area contributed by atoms with Gasteiger partial charge in [0.15, 0.2) is 0 Å². The third kappa shape index (κ3) is 1.72. The first-order chi connectivity index (χ1) is 4.96. The maximum Gasteiger partial charge on any atom is 0.147 e. The van der Waals surface area contributed by atoms with Crippen molar-refractivity contribution in [1.82, 2.24) is 0 Å². The van der Waals surface area contributed by atoms with Crippen LogP contribution in [0.1, 0.15) is 6.92 Å². The molecule has 0 aromatic rings. The number of rotatable bonds is 1. The zero-order valence-electron chi connectivity index (χ0n) is 7.89. The summed E-state index contributed by atoms with van der Waals surface area (Å²) in [6, 6.07) is 0. The first-order valence-electron chi connectivity index (χ1n) is 3.93. The van der Waals surface area contributed by atoms with E-state index in [1.807, 2.05) is 0 Å². The third-order valence-electron chi connectivity index (χ3n) is 2.61. The molecular weight excluding hydrogens is 142 g/mol. The molecule has 1 heterocycles. The standard InChI is InChI=1S/C8H18NO2/c1-8(9(2,3)4)5-10-7-11-6-8/h5-7H2,1-4H3/q+1. The summed E-state index contributed by atoms with van der Waals surface area (Å²) in [6.07, 6.45) is 0. The molecule has 11 heavy (non-hydrogen) atoms. The Kier molecular flexibility index (Phi) is 2.23. The summed E-state index contributed by atoms with van der Waals surface area (Å²) < 4.78 is 11.4. The Hall–Kier alpha value is -0.120. The van der Waals surface area contributed by atoms with Gasteiger partial charge in [0.1, 0.15) is 25.5 Å². The zero-order chi connectivity index (χ0) is 8.54. The van der Waals surface area contributed by atoms with E-state index in [4.69, 9.17) is 9.47 Å². The fourth-order valence-electron chi connectivity index (χ4n) is 1.01. The molecule has 0 spiro atoms. The van der Waals surface area contributed by atoms with Crippen LogP contribution in [0.2, 0.25) is 0 Å². The van der Waals surface area contributed by atoms with Crippen molar-refractivity contribution in [3.8, 4) is 0 Å². The molecule has 3 heteroatoms. The molecule has 66 valence electrons. The Bertz CT molecular complexity index is 134. The molecule has 1 aliphatic rings. The lowest BCUT2D eigenvalue weighted by Crippen LogP contribution is -2.62. The van der Waals surface area contributed by atoms with Crippen LogP contribution in [0.3, 0.4) is 0 Å². The van der Waals surface area contributed by atoms with E-state index in [2.05, 4.69) is 28.1 Å². The first kappa shape index (κ1) is 8.97. The normalized spacial score (nSPS) is 25.1. The van der Waals surface area contributed by atoms with Crippen LogP contribution in [0, 0.1) is 0 Å². The molecule has 0 saturated carbocycles. The van der Waals surface area contributed by atoms with Crippen LogP contribution >= 0.6 is 0 Å². The number of hydrogen-bond acceptors (Lipinski definition) is 2. The van der Waals surface area contributed by atoms with Gasteiger partial charge in [-0.05, 0) is 6.92 Å². The van der Waals surface area contributed by atoms with Crippen molar-refractivity contribution in [2.75, 3.05) is 41.1 Å². The summed E-state index contributed by atoms with van der Waals surface area (Å²) in [4.78, 5) is 0. The van der Waals surface area contributed by atoms with E-state index < -0.39 is 0 Å². The topological polar surface area (TPSA) is 18.5 Å². The molecular formula is C8H18NO2+. The smallest absolute Gasteiger partial charge is 0.147 e. The average Bonchev–Trinajstić information content (AvgIpc) is 1.87. The molecule has 1 aliphatic heterocycles. The predicted octanol–water partition coefficient (Wildman–Crippen LogP) is 0.456. The largest absolute Gasteiger partial charge is 0.349 e. The van der Waals surface area contributed by atoms with E-state index in [-0.39, 0.29) is 5.54 Å². The van der Waals surface area contributed by atoms with Crippen molar-refractivity contribution in [2.45, 2.75) is 12.5 Å². The molecule has 0 atom stereocenters. The van der Waals surface area contributed by atoms with Crippen molar-refractivity contribution >= 4 is 0 Å². The second-order valence-electron chi connectivity index (χ2n) is 4.32. The molecule has 0 N–H and O–H groups in total. The van der Waals surface area contributed by atoms with Crippen LogP contribution in [0.4, 0.5) is 0 Å². The molecule has 0 unspecified atom stereocenters. The Morgan fingerprint density at radius 3 is 1.82 bits per heavy atom. The molecule has 1 fully saturated rings. The van der Waals surface area contributed by atoms with Gasteiger partial charge in [0.25, 0.3) is 0 Å². The average molecular weight is 160 g/mol. The molecule has 0 aromatic heterocycles. The Labute approximate surface area is 68.5 Å². The number of quaternary nitrogens is 1. The number of ether oxygens (including phenoxy) is 2. The van der Waals surface area contributed by atoms with E-state index in [9.17, 15) is 0 Å². The van der Waals surface area contributed by atoms with E-state index in [0.29, 0.717) is 6.79 Å². The Morgan fingerprint density at radius 1 is 1.09 bits per heavy atom. The van der Waals surface area contributed by atoms with Crippen LogP contribution in [-0.2, 0) is 9.47 Å². The summed E-state index contributed by atoms with van der Waals surface area (Å²) in [6.45, 7) is 4.22. The molecule has 0 radical (unpaired) electrons. The van der Waals surface area contributed by atoms with Gasteiger partial charge in [-0.3, -0.25) is 0 Å². The Balaban J connectivity index is 2.64. The van der Waals surface area contributed by atoms with Crippen molar-refractivity contribution in [3.05, 3.63) is 0 Å². The van der Waals surface area contributed by atoms with Gasteiger partial charge in [0.2, 0.25) is 0 Å². The summed E-state index contributed by atoms with van der Waals surface area (Å²) in [7, 11) is 6.49.